The van der Waals surface area contributed by atoms with Gasteiger partial charge in [-0.2, -0.15) is 0 Å². The van der Waals surface area contributed by atoms with Gasteiger partial charge in [0.2, 0.25) is 0 Å². The molecule has 4 heteroatoms. The smallest absolute Gasteiger partial charge is 0.153 e. The fourth-order valence-electron chi connectivity index (χ4n) is 0.336. The van der Waals surface area contributed by atoms with Gasteiger partial charge in [0.05, 0.1) is 0 Å². The van der Waals surface area contributed by atoms with E-state index in [2.05, 4.69) is 0 Å². The first-order valence-corrected chi connectivity index (χ1v) is 3.85. The second-order valence-corrected chi connectivity index (χ2v) is 3.19. The van der Waals surface area contributed by atoms with Crippen molar-refractivity contribution >= 4 is 40.6 Å². The minimum absolute atomic E-state index is 0.119. The van der Waals surface area contributed by atoms with Crippen LogP contribution in [0.4, 0.5) is 0 Å². The van der Waals surface area contributed by atoms with Crippen molar-refractivity contribution in [3.8, 4) is 0 Å². The molecule has 0 rings (SSSR count). The second-order valence-electron chi connectivity index (χ2n) is 1.56. The predicted octanol–water partition coefficient (Wildman–Crippen LogP) is 2.38. The van der Waals surface area contributed by atoms with Crippen molar-refractivity contribution in [3.05, 3.63) is 0 Å². The molecule has 54 valence electrons. The highest BCUT2D eigenvalue weighted by Crippen LogP contribution is 2.15. The molecule has 0 saturated heterocycles. The molecule has 0 N–H and O–H groups in total. The quantitative estimate of drug-likeness (QED) is 0.623. The Morgan fingerprint density at radius 2 is 1.89 bits per heavy atom. The van der Waals surface area contributed by atoms with Crippen molar-refractivity contribution in [2.24, 2.45) is 0 Å². The lowest BCUT2D eigenvalue weighted by atomic mass is 10.2. The molecule has 0 aromatic heterocycles. The third-order valence-electron chi connectivity index (χ3n) is 0.877. The van der Waals surface area contributed by atoms with Gasteiger partial charge in [-0.1, -0.05) is 6.92 Å². The molecule has 0 spiro atoms. The number of halogens is 3. The standard InChI is InChI=1S/C5H7Cl3O/c1-2-3(9)4(6)5(7)8/h4-5H,2H2,1H3. The van der Waals surface area contributed by atoms with Gasteiger partial charge in [0.25, 0.3) is 0 Å². The van der Waals surface area contributed by atoms with Crippen LogP contribution in [0.2, 0.25) is 0 Å². The van der Waals surface area contributed by atoms with Crippen molar-refractivity contribution in [1.29, 1.82) is 0 Å². The van der Waals surface area contributed by atoms with Crippen LogP contribution in [0.1, 0.15) is 13.3 Å². The lowest BCUT2D eigenvalue weighted by Crippen LogP contribution is -2.19. The Bertz CT molecular complexity index is 102. The number of carbonyl (C=O) groups is 1. The number of rotatable bonds is 3. The highest BCUT2D eigenvalue weighted by atomic mass is 35.5. The van der Waals surface area contributed by atoms with Crippen molar-refractivity contribution in [3.63, 3.8) is 0 Å². The van der Waals surface area contributed by atoms with E-state index in [1.165, 1.54) is 0 Å². The summed E-state index contributed by atoms with van der Waals surface area (Å²) in [6, 6.07) is 0. The molecule has 1 nitrogen and oxygen atoms in total. The Labute approximate surface area is 69.3 Å². The molecule has 0 aromatic rings. The summed E-state index contributed by atoms with van der Waals surface area (Å²) in [5.74, 6) is -0.119. The van der Waals surface area contributed by atoms with Crippen molar-refractivity contribution < 1.29 is 4.79 Å². The molecule has 0 aliphatic rings. The molecule has 1 atom stereocenters. The van der Waals surface area contributed by atoms with Gasteiger partial charge in [-0.25, -0.2) is 0 Å². The van der Waals surface area contributed by atoms with Gasteiger partial charge in [0, 0.05) is 6.42 Å². The van der Waals surface area contributed by atoms with E-state index in [0.29, 0.717) is 6.42 Å². The molecule has 9 heavy (non-hydrogen) atoms. The highest BCUT2D eigenvalue weighted by molar-refractivity contribution is 6.51. The third-order valence-corrected chi connectivity index (χ3v) is 2.13. The average Bonchev–Trinajstić information content (AvgIpc) is 1.84. The molecule has 0 radical (unpaired) electrons. The number of hydrogen-bond donors (Lipinski definition) is 0. The van der Waals surface area contributed by atoms with Crippen LogP contribution in [-0.2, 0) is 4.79 Å². The van der Waals surface area contributed by atoms with Crippen LogP contribution >= 0.6 is 34.8 Å². The number of alkyl halides is 3. The van der Waals surface area contributed by atoms with Crippen LogP contribution in [0, 0.1) is 0 Å². The first kappa shape index (κ1) is 9.54. The first-order valence-electron chi connectivity index (χ1n) is 2.54. The zero-order valence-electron chi connectivity index (χ0n) is 4.90. The summed E-state index contributed by atoms with van der Waals surface area (Å²) in [7, 11) is 0. The predicted molar refractivity (Wildman–Crippen MR) is 40.4 cm³/mol. The second kappa shape index (κ2) is 4.37. The van der Waals surface area contributed by atoms with Gasteiger partial charge in [-0.05, 0) is 0 Å². The minimum Gasteiger partial charge on any atom is -0.298 e. The molecule has 0 saturated carbocycles. The maximum absolute atomic E-state index is 10.7. The zero-order valence-corrected chi connectivity index (χ0v) is 7.17. The van der Waals surface area contributed by atoms with Gasteiger partial charge in [-0.15, -0.1) is 34.8 Å². The van der Waals surface area contributed by atoms with Gasteiger partial charge < -0.3 is 0 Å². The molecule has 0 fully saturated rings. The number of hydrogen-bond acceptors (Lipinski definition) is 1. The summed E-state index contributed by atoms with van der Waals surface area (Å²) in [5, 5.41) is -0.752. The lowest BCUT2D eigenvalue weighted by Gasteiger charge is -2.05. The molecule has 0 bridgehead atoms. The molecule has 0 aliphatic carbocycles. The highest BCUT2D eigenvalue weighted by Gasteiger charge is 2.19. The Kier molecular flexibility index (Phi) is 4.63. The van der Waals surface area contributed by atoms with Crippen LogP contribution < -0.4 is 0 Å². The molecular formula is C5H7Cl3O. The Balaban J connectivity index is 3.72. The van der Waals surface area contributed by atoms with Crippen LogP contribution in [0.25, 0.3) is 0 Å². The van der Waals surface area contributed by atoms with Gasteiger partial charge in [-0.3, -0.25) is 4.79 Å². The molecule has 0 aliphatic heterocycles. The maximum atomic E-state index is 10.7. The van der Waals surface area contributed by atoms with Crippen molar-refractivity contribution in [2.45, 2.75) is 23.6 Å². The monoisotopic (exact) mass is 188 g/mol. The molecule has 0 aromatic carbocycles. The molecule has 1 unspecified atom stereocenters. The van der Waals surface area contributed by atoms with Crippen molar-refractivity contribution in [2.75, 3.05) is 0 Å². The van der Waals surface area contributed by atoms with E-state index in [0.717, 1.165) is 0 Å². The largest absolute Gasteiger partial charge is 0.298 e. The third kappa shape index (κ3) is 3.29. The van der Waals surface area contributed by atoms with E-state index in [4.69, 9.17) is 34.8 Å². The van der Waals surface area contributed by atoms with Gasteiger partial charge in [0.15, 0.2) is 5.78 Å². The van der Waals surface area contributed by atoms with E-state index >= 15 is 0 Å². The van der Waals surface area contributed by atoms with Crippen LogP contribution in [0.3, 0.4) is 0 Å². The Morgan fingerprint density at radius 1 is 1.44 bits per heavy atom. The van der Waals surface area contributed by atoms with E-state index in [1.807, 2.05) is 0 Å². The molecular weight excluding hydrogens is 182 g/mol. The average molecular weight is 189 g/mol. The lowest BCUT2D eigenvalue weighted by molar-refractivity contribution is -0.118. The van der Waals surface area contributed by atoms with Crippen LogP contribution in [0.5, 0.6) is 0 Å². The minimum atomic E-state index is -0.792. The summed E-state index contributed by atoms with van der Waals surface area (Å²) in [5.41, 5.74) is 0. The summed E-state index contributed by atoms with van der Waals surface area (Å²) in [6.45, 7) is 1.72. The van der Waals surface area contributed by atoms with Gasteiger partial charge >= 0.3 is 0 Å². The zero-order chi connectivity index (χ0) is 7.44. The summed E-state index contributed by atoms with van der Waals surface area (Å²) < 4.78 is 0. The topological polar surface area (TPSA) is 17.1 Å². The number of Topliss-reactive ketones (excluding diaryl/α,β-unsaturated/α-hetero) is 1. The van der Waals surface area contributed by atoms with Crippen LogP contribution in [0.15, 0.2) is 0 Å². The summed E-state index contributed by atoms with van der Waals surface area (Å²) in [4.78, 5) is 9.86. The van der Waals surface area contributed by atoms with E-state index in [-0.39, 0.29) is 5.78 Å². The summed E-state index contributed by atoms with van der Waals surface area (Å²) in [6.07, 6.45) is 0.379. The molecule has 0 amide bonds. The maximum Gasteiger partial charge on any atom is 0.153 e. The normalized spacial score (nSPS) is 13.9. The number of ketones is 1. The SMILES string of the molecule is CCC(=O)C(Cl)C(Cl)Cl. The van der Waals surface area contributed by atoms with Gasteiger partial charge in [0.1, 0.15) is 10.2 Å². The van der Waals surface area contributed by atoms with E-state index in [1.54, 1.807) is 6.92 Å². The Hall–Kier alpha value is 0.540. The number of carbonyl (C=O) groups excluding carboxylic acids is 1. The Morgan fingerprint density at radius 3 is 2.00 bits per heavy atom. The summed E-state index contributed by atoms with van der Waals surface area (Å²) >= 11 is 16.1. The fraction of sp³-hybridized carbons (Fsp3) is 0.800. The van der Waals surface area contributed by atoms with E-state index < -0.39 is 10.2 Å². The first-order chi connectivity index (χ1) is 4.09. The molecule has 0 heterocycles. The van der Waals surface area contributed by atoms with E-state index in [9.17, 15) is 4.79 Å². The van der Waals surface area contributed by atoms with Crippen LogP contribution in [-0.4, -0.2) is 16.0 Å². The fourth-order valence-corrected chi connectivity index (χ4v) is 0.771. The van der Waals surface area contributed by atoms with Crippen molar-refractivity contribution in [1.82, 2.24) is 0 Å².